The van der Waals surface area contributed by atoms with Gasteiger partial charge in [-0.25, -0.2) is 13.1 Å². The van der Waals surface area contributed by atoms with Gasteiger partial charge in [-0.05, 0) is 44.5 Å². The Morgan fingerprint density at radius 3 is 2.80 bits per heavy atom. The zero-order valence-electron chi connectivity index (χ0n) is 11.6. The second-order valence-corrected chi connectivity index (χ2v) is 6.87. The molecule has 1 aliphatic rings. The van der Waals surface area contributed by atoms with Gasteiger partial charge in [-0.15, -0.1) is 0 Å². The van der Waals surface area contributed by atoms with Gasteiger partial charge in [0, 0.05) is 12.2 Å². The maximum Gasteiger partial charge on any atom is 0.281 e. The topological polar surface area (TPSA) is 80.2 Å². The van der Waals surface area contributed by atoms with Crippen molar-refractivity contribution in [1.82, 2.24) is 14.6 Å². The van der Waals surface area contributed by atoms with E-state index in [0.29, 0.717) is 12.1 Å². The second kappa shape index (κ2) is 6.41. The Labute approximate surface area is 119 Å². The fraction of sp³-hybridized carbons (Fsp3) is 0.615. The number of nitrogens with zero attached hydrogens (tertiary/aromatic N) is 1. The van der Waals surface area contributed by atoms with Gasteiger partial charge in [-0.3, -0.25) is 4.79 Å². The predicted octanol–water partition coefficient (Wildman–Crippen LogP) is 0.882. The highest BCUT2D eigenvalue weighted by Crippen LogP contribution is 2.21. The molecule has 1 fully saturated rings. The summed E-state index contributed by atoms with van der Waals surface area (Å²) in [6.45, 7) is 3.59. The van der Waals surface area contributed by atoms with Crippen molar-refractivity contribution in [2.45, 2.75) is 32.2 Å². The van der Waals surface area contributed by atoms with Crippen LogP contribution in [0.2, 0.25) is 0 Å². The minimum Gasteiger partial charge on any atom is -0.340 e. The molecule has 0 saturated carbocycles. The lowest BCUT2D eigenvalue weighted by atomic mass is 10.1. The highest BCUT2D eigenvalue weighted by molar-refractivity contribution is 7.90. The van der Waals surface area contributed by atoms with Crippen LogP contribution >= 0.6 is 0 Å². The summed E-state index contributed by atoms with van der Waals surface area (Å²) >= 11 is 0. The number of aromatic nitrogens is 1. The van der Waals surface area contributed by atoms with Crippen molar-refractivity contribution in [3.63, 3.8) is 0 Å². The predicted molar refractivity (Wildman–Crippen MR) is 77.1 cm³/mol. The lowest BCUT2D eigenvalue weighted by Gasteiger charge is -2.25. The maximum atomic E-state index is 12.1. The standard InChI is InChI=1S/C13H21N3O3S/c1-2-10-20(18,19)15-13(17)12-4-3-9-16(12)11-5-7-14-8-6-11/h3-4,9,11,14H,2,5-8,10H2,1H3,(H,15,17). The third-order valence-corrected chi connectivity index (χ3v) is 4.88. The molecule has 112 valence electrons. The quantitative estimate of drug-likeness (QED) is 0.846. The van der Waals surface area contributed by atoms with Gasteiger partial charge in [0.15, 0.2) is 0 Å². The summed E-state index contributed by atoms with van der Waals surface area (Å²) in [4.78, 5) is 12.1. The first-order chi connectivity index (χ1) is 9.53. The molecule has 7 heteroatoms. The normalized spacial score (nSPS) is 17.1. The van der Waals surface area contributed by atoms with Crippen molar-refractivity contribution in [2.75, 3.05) is 18.8 Å². The first-order valence-electron chi connectivity index (χ1n) is 6.96. The summed E-state index contributed by atoms with van der Waals surface area (Å²) in [6, 6.07) is 3.70. The Hall–Kier alpha value is -1.34. The van der Waals surface area contributed by atoms with Gasteiger partial charge in [0.05, 0.1) is 5.75 Å². The molecular formula is C13H21N3O3S. The van der Waals surface area contributed by atoms with Crippen LogP contribution in [0.4, 0.5) is 0 Å². The molecule has 0 unspecified atom stereocenters. The first kappa shape index (κ1) is 15.1. The molecule has 6 nitrogen and oxygen atoms in total. The molecule has 1 saturated heterocycles. The minimum absolute atomic E-state index is 0.0349. The van der Waals surface area contributed by atoms with Gasteiger partial charge < -0.3 is 9.88 Å². The van der Waals surface area contributed by atoms with Crippen LogP contribution < -0.4 is 10.0 Å². The Bertz CT molecular complexity index is 559. The molecule has 1 aliphatic heterocycles. The van der Waals surface area contributed by atoms with Crippen molar-refractivity contribution < 1.29 is 13.2 Å². The third-order valence-electron chi connectivity index (χ3n) is 3.43. The number of hydrogen-bond acceptors (Lipinski definition) is 4. The largest absolute Gasteiger partial charge is 0.340 e. The molecule has 2 rings (SSSR count). The van der Waals surface area contributed by atoms with E-state index in [2.05, 4.69) is 10.0 Å². The van der Waals surface area contributed by atoms with Gasteiger partial charge in [0.25, 0.3) is 5.91 Å². The number of carbonyl (C=O) groups is 1. The van der Waals surface area contributed by atoms with Gasteiger partial charge in [0.2, 0.25) is 10.0 Å². The fourth-order valence-electron chi connectivity index (χ4n) is 2.50. The molecule has 0 radical (unpaired) electrons. The van der Waals surface area contributed by atoms with E-state index >= 15 is 0 Å². The summed E-state index contributed by atoms with van der Waals surface area (Å²) < 4.78 is 27.4. The number of hydrogen-bond donors (Lipinski definition) is 2. The molecule has 2 N–H and O–H groups in total. The van der Waals surface area contributed by atoms with E-state index in [1.165, 1.54) is 0 Å². The van der Waals surface area contributed by atoms with Crippen LogP contribution in [0.25, 0.3) is 0 Å². The van der Waals surface area contributed by atoms with E-state index in [9.17, 15) is 13.2 Å². The highest BCUT2D eigenvalue weighted by Gasteiger charge is 2.22. The smallest absolute Gasteiger partial charge is 0.281 e. The van der Waals surface area contributed by atoms with Crippen molar-refractivity contribution in [3.05, 3.63) is 24.0 Å². The van der Waals surface area contributed by atoms with Crippen LogP contribution in [0.3, 0.4) is 0 Å². The summed E-state index contributed by atoms with van der Waals surface area (Å²) in [7, 11) is -3.53. The lowest BCUT2D eigenvalue weighted by Crippen LogP contribution is -2.35. The Balaban J connectivity index is 2.13. The lowest BCUT2D eigenvalue weighted by molar-refractivity contribution is 0.0969. The minimum atomic E-state index is -3.53. The number of sulfonamides is 1. The Kier molecular flexibility index (Phi) is 4.82. The molecule has 1 aromatic heterocycles. The molecule has 1 amide bonds. The van der Waals surface area contributed by atoms with Crippen LogP contribution in [-0.4, -0.2) is 37.7 Å². The van der Waals surface area contributed by atoms with Gasteiger partial charge in [0.1, 0.15) is 5.69 Å². The fourth-order valence-corrected chi connectivity index (χ4v) is 3.53. The van der Waals surface area contributed by atoms with Crippen LogP contribution in [0.15, 0.2) is 18.3 Å². The number of amides is 1. The zero-order valence-corrected chi connectivity index (χ0v) is 12.4. The zero-order chi connectivity index (χ0) is 14.6. The summed E-state index contributed by atoms with van der Waals surface area (Å²) in [6.07, 6.45) is 4.21. The van der Waals surface area contributed by atoms with Crippen molar-refractivity contribution in [2.24, 2.45) is 0 Å². The third kappa shape index (κ3) is 3.61. The van der Waals surface area contributed by atoms with Crippen LogP contribution in [0.5, 0.6) is 0 Å². The molecule has 20 heavy (non-hydrogen) atoms. The molecule has 0 aromatic carbocycles. The van der Waals surface area contributed by atoms with E-state index in [4.69, 9.17) is 0 Å². The number of piperidine rings is 1. The summed E-state index contributed by atoms with van der Waals surface area (Å²) in [5.41, 5.74) is 0.413. The highest BCUT2D eigenvalue weighted by atomic mass is 32.2. The molecule has 2 heterocycles. The Morgan fingerprint density at radius 2 is 2.15 bits per heavy atom. The van der Waals surface area contributed by atoms with E-state index in [1.807, 2.05) is 10.8 Å². The summed E-state index contributed by atoms with van der Waals surface area (Å²) in [5.74, 6) is -0.575. The van der Waals surface area contributed by atoms with E-state index in [0.717, 1.165) is 25.9 Å². The van der Waals surface area contributed by atoms with Gasteiger partial charge in [-0.2, -0.15) is 0 Å². The van der Waals surface area contributed by atoms with Crippen molar-refractivity contribution >= 4 is 15.9 Å². The molecule has 0 atom stereocenters. The van der Waals surface area contributed by atoms with E-state index < -0.39 is 15.9 Å². The number of rotatable bonds is 5. The van der Waals surface area contributed by atoms with Crippen molar-refractivity contribution in [1.29, 1.82) is 0 Å². The molecule has 1 aromatic rings. The first-order valence-corrected chi connectivity index (χ1v) is 8.61. The SMILES string of the molecule is CCCS(=O)(=O)NC(=O)c1cccn1C1CCNCC1. The molecule has 0 spiro atoms. The number of carbonyl (C=O) groups excluding carboxylic acids is 1. The number of nitrogens with one attached hydrogen (secondary N) is 2. The van der Waals surface area contributed by atoms with Crippen LogP contribution in [0, 0.1) is 0 Å². The van der Waals surface area contributed by atoms with E-state index in [1.54, 1.807) is 19.1 Å². The molecular weight excluding hydrogens is 278 g/mol. The second-order valence-electron chi connectivity index (χ2n) is 5.03. The van der Waals surface area contributed by atoms with Crippen LogP contribution in [0.1, 0.15) is 42.7 Å². The Morgan fingerprint density at radius 1 is 1.45 bits per heavy atom. The average Bonchev–Trinajstić information content (AvgIpc) is 2.88. The molecule has 0 bridgehead atoms. The summed E-state index contributed by atoms with van der Waals surface area (Å²) in [5, 5.41) is 3.27. The van der Waals surface area contributed by atoms with Crippen LogP contribution in [-0.2, 0) is 10.0 Å². The maximum absolute atomic E-state index is 12.1. The van der Waals surface area contributed by atoms with Gasteiger partial charge >= 0.3 is 0 Å². The van der Waals surface area contributed by atoms with E-state index in [-0.39, 0.29) is 11.8 Å². The average molecular weight is 299 g/mol. The van der Waals surface area contributed by atoms with Crippen molar-refractivity contribution in [3.8, 4) is 0 Å². The monoisotopic (exact) mass is 299 g/mol. The van der Waals surface area contributed by atoms with Gasteiger partial charge in [-0.1, -0.05) is 6.92 Å². The molecule has 0 aliphatic carbocycles.